The third kappa shape index (κ3) is 3.03. The summed E-state index contributed by atoms with van der Waals surface area (Å²) < 4.78 is 27.0. The molecule has 6 nitrogen and oxygen atoms in total. The van der Waals surface area contributed by atoms with Crippen molar-refractivity contribution < 1.29 is 8.42 Å². The van der Waals surface area contributed by atoms with E-state index in [0.29, 0.717) is 4.47 Å². The van der Waals surface area contributed by atoms with Crippen LogP contribution in [0.5, 0.6) is 0 Å². The monoisotopic (exact) mass is 348 g/mol. The standard InChI is InChI=1S/C9H9BrN4O2S2/c1-2-8-12-13-9(17-8)14-18(15,16)7-3-6(10)4-11-5-7/h3-5H,2H2,1H3,(H,13,14). The molecule has 2 aromatic heterocycles. The highest BCUT2D eigenvalue weighted by Crippen LogP contribution is 2.21. The molecule has 1 N–H and O–H groups in total. The van der Waals surface area contributed by atoms with E-state index in [0.717, 1.165) is 11.4 Å². The number of hydrogen-bond donors (Lipinski definition) is 1. The molecule has 0 aliphatic heterocycles. The average Bonchev–Trinajstić information content (AvgIpc) is 2.76. The second-order valence-electron chi connectivity index (χ2n) is 3.30. The normalized spacial score (nSPS) is 11.4. The maximum atomic E-state index is 12.0. The first kappa shape index (κ1) is 13.4. The van der Waals surface area contributed by atoms with Crippen molar-refractivity contribution in [1.29, 1.82) is 0 Å². The van der Waals surface area contributed by atoms with Gasteiger partial charge in [0.15, 0.2) is 0 Å². The van der Waals surface area contributed by atoms with Gasteiger partial charge in [-0.1, -0.05) is 18.3 Å². The summed E-state index contributed by atoms with van der Waals surface area (Å²) in [4.78, 5) is 3.89. The molecule has 18 heavy (non-hydrogen) atoms. The Bertz CT molecular complexity index is 656. The number of nitrogens with zero attached hydrogens (tertiary/aromatic N) is 3. The number of anilines is 1. The molecule has 0 saturated carbocycles. The molecule has 0 bridgehead atoms. The lowest BCUT2D eigenvalue weighted by Crippen LogP contribution is -2.13. The van der Waals surface area contributed by atoms with Crippen LogP contribution in [-0.2, 0) is 16.4 Å². The van der Waals surface area contributed by atoms with E-state index >= 15 is 0 Å². The molecule has 96 valence electrons. The summed E-state index contributed by atoms with van der Waals surface area (Å²) >= 11 is 4.39. The summed E-state index contributed by atoms with van der Waals surface area (Å²) in [6.45, 7) is 1.93. The lowest BCUT2D eigenvalue weighted by atomic mass is 10.5. The number of halogens is 1. The van der Waals surface area contributed by atoms with E-state index < -0.39 is 10.0 Å². The molecule has 0 amide bonds. The SMILES string of the molecule is CCc1nnc(NS(=O)(=O)c2cncc(Br)c2)s1. The van der Waals surface area contributed by atoms with Crippen LogP contribution in [0.4, 0.5) is 5.13 Å². The van der Waals surface area contributed by atoms with Gasteiger partial charge in [0.2, 0.25) is 5.13 Å². The van der Waals surface area contributed by atoms with Gasteiger partial charge in [-0.05, 0) is 28.4 Å². The molecule has 0 aromatic carbocycles. The van der Waals surface area contributed by atoms with Crippen LogP contribution in [0, 0.1) is 0 Å². The molecule has 0 aliphatic rings. The summed E-state index contributed by atoms with van der Waals surface area (Å²) in [5.41, 5.74) is 0. The Morgan fingerprint density at radius 3 is 2.78 bits per heavy atom. The van der Waals surface area contributed by atoms with Gasteiger partial charge >= 0.3 is 0 Å². The highest BCUT2D eigenvalue weighted by molar-refractivity contribution is 9.10. The van der Waals surface area contributed by atoms with Crippen LogP contribution in [0.2, 0.25) is 0 Å². The number of pyridine rings is 1. The van der Waals surface area contributed by atoms with Crippen LogP contribution in [-0.4, -0.2) is 23.6 Å². The summed E-state index contributed by atoms with van der Waals surface area (Å²) in [5, 5.41) is 8.65. The van der Waals surface area contributed by atoms with Gasteiger partial charge in [0.1, 0.15) is 9.90 Å². The molecule has 0 spiro atoms. The summed E-state index contributed by atoms with van der Waals surface area (Å²) in [5.74, 6) is 0. The zero-order valence-electron chi connectivity index (χ0n) is 9.29. The quantitative estimate of drug-likeness (QED) is 0.913. The van der Waals surface area contributed by atoms with Crippen molar-refractivity contribution in [3.8, 4) is 0 Å². The topological polar surface area (TPSA) is 84.8 Å². The number of rotatable bonds is 4. The Hall–Kier alpha value is -1.06. The molecule has 2 heterocycles. The Balaban J connectivity index is 2.27. The fraction of sp³-hybridized carbons (Fsp3) is 0.222. The predicted molar refractivity (Wildman–Crippen MR) is 72.0 cm³/mol. The van der Waals surface area contributed by atoms with Gasteiger partial charge in [-0.15, -0.1) is 10.2 Å². The van der Waals surface area contributed by atoms with Gasteiger partial charge < -0.3 is 0 Å². The summed E-state index contributed by atoms with van der Waals surface area (Å²) in [7, 11) is -3.67. The number of hydrogen-bond acceptors (Lipinski definition) is 6. The molecule has 0 fully saturated rings. The van der Waals surface area contributed by atoms with E-state index in [-0.39, 0.29) is 10.0 Å². The molecule has 2 rings (SSSR count). The van der Waals surface area contributed by atoms with Crippen LogP contribution in [0.1, 0.15) is 11.9 Å². The second kappa shape index (κ2) is 5.29. The molecule has 0 aliphatic carbocycles. The van der Waals surface area contributed by atoms with Crippen LogP contribution >= 0.6 is 27.3 Å². The first-order valence-corrected chi connectivity index (χ1v) is 8.06. The smallest absolute Gasteiger partial charge is 0.262 e. The van der Waals surface area contributed by atoms with Crippen molar-refractivity contribution in [3.63, 3.8) is 0 Å². The third-order valence-corrected chi connectivity index (χ3v) is 4.83. The molecular weight excluding hydrogens is 340 g/mol. The number of nitrogens with one attached hydrogen (secondary N) is 1. The van der Waals surface area contributed by atoms with Gasteiger partial charge in [0, 0.05) is 16.9 Å². The fourth-order valence-corrected chi connectivity index (χ4v) is 3.56. The minimum atomic E-state index is -3.67. The molecule has 0 unspecified atom stereocenters. The van der Waals surface area contributed by atoms with Crippen LogP contribution < -0.4 is 4.72 Å². The molecule has 0 atom stereocenters. The van der Waals surface area contributed by atoms with Crippen molar-refractivity contribution in [2.45, 2.75) is 18.2 Å². The van der Waals surface area contributed by atoms with Gasteiger partial charge in [-0.25, -0.2) is 8.42 Å². The van der Waals surface area contributed by atoms with Crippen LogP contribution in [0.25, 0.3) is 0 Å². The maximum Gasteiger partial charge on any atom is 0.265 e. The fourth-order valence-electron chi connectivity index (χ4n) is 1.15. The van der Waals surface area contributed by atoms with Crippen molar-refractivity contribution in [3.05, 3.63) is 27.9 Å². The number of sulfonamides is 1. The lowest BCUT2D eigenvalue weighted by molar-refractivity contribution is 0.600. The molecule has 9 heteroatoms. The molecule has 2 aromatic rings. The van der Waals surface area contributed by atoms with Crippen LogP contribution in [0.3, 0.4) is 0 Å². The highest BCUT2D eigenvalue weighted by atomic mass is 79.9. The summed E-state index contributed by atoms with van der Waals surface area (Å²) in [6, 6.07) is 1.47. The zero-order chi connectivity index (χ0) is 13.2. The van der Waals surface area contributed by atoms with Crippen molar-refractivity contribution in [1.82, 2.24) is 15.2 Å². The van der Waals surface area contributed by atoms with Crippen molar-refractivity contribution in [2.75, 3.05) is 4.72 Å². The molecular formula is C9H9BrN4O2S2. The number of aromatic nitrogens is 3. The van der Waals surface area contributed by atoms with E-state index in [1.165, 1.54) is 29.8 Å². The predicted octanol–water partition coefficient (Wildman–Crippen LogP) is 2.06. The van der Waals surface area contributed by atoms with E-state index in [2.05, 4.69) is 35.8 Å². The largest absolute Gasteiger partial charge is 0.265 e. The van der Waals surface area contributed by atoms with Gasteiger partial charge in [-0.3, -0.25) is 9.71 Å². The minimum absolute atomic E-state index is 0.0742. The Kier molecular flexibility index (Phi) is 3.93. The van der Waals surface area contributed by atoms with E-state index in [4.69, 9.17) is 0 Å². The lowest BCUT2D eigenvalue weighted by Gasteiger charge is -2.03. The molecule has 0 saturated heterocycles. The maximum absolute atomic E-state index is 12.0. The highest BCUT2D eigenvalue weighted by Gasteiger charge is 2.17. The third-order valence-electron chi connectivity index (χ3n) is 1.98. The van der Waals surface area contributed by atoms with Crippen LogP contribution in [0.15, 0.2) is 27.8 Å². The van der Waals surface area contributed by atoms with Gasteiger partial charge in [0.25, 0.3) is 10.0 Å². The summed E-state index contributed by atoms with van der Waals surface area (Å²) in [6.07, 6.45) is 3.51. The van der Waals surface area contributed by atoms with E-state index in [9.17, 15) is 8.42 Å². The minimum Gasteiger partial charge on any atom is -0.262 e. The molecule has 0 radical (unpaired) electrons. The van der Waals surface area contributed by atoms with Gasteiger partial charge in [-0.2, -0.15) is 0 Å². The van der Waals surface area contributed by atoms with E-state index in [1.54, 1.807) is 0 Å². The first-order chi connectivity index (χ1) is 8.51. The Labute approximate surface area is 117 Å². The average molecular weight is 349 g/mol. The zero-order valence-corrected chi connectivity index (χ0v) is 12.5. The Morgan fingerprint density at radius 2 is 2.17 bits per heavy atom. The van der Waals surface area contributed by atoms with Crippen molar-refractivity contribution >= 4 is 42.4 Å². The first-order valence-electron chi connectivity index (χ1n) is 4.97. The van der Waals surface area contributed by atoms with Crippen molar-refractivity contribution in [2.24, 2.45) is 0 Å². The Morgan fingerprint density at radius 1 is 1.39 bits per heavy atom. The number of aryl methyl sites for hydroxylation is 1. The second-order valence-corrected chi connectivity index (χ2v) is 6.96. The van der Waals surface area contributed by atoms with E-state index in [1.807, 2.05) is 6.92 Å². The van der Waals surface area contributed by atoms with Gasteiger partial charge in [0.05, 0.1) is 0 Å².